The first-order valence-corrected chi connectivity index (χ1v) is 5.99. The van der Waals surface area contributed by atoms with Crippen LogP contribution in [0.1, 0.15) is 17.0 Å². The highest BCUT2D eigenvalue weighted by Gasteiger charge is 2.09. The Hall–Kier alpha value is -1.32. The van der Waals surface area contributed by atoms with Gasteiger partial charge in [0.1, 0.15) is 0 Å². The summed E-state index contributed by atoms with van der Waals surface area (Å²) in [4.78, 5) is 0. The molecule has 1 aromatic carbocycles. The predicted molar refractivity (Wildman–Crippen MR) is 69.9 cm³/mol. The number of halogens is 1. The van der Waals surface area contributed by atoms with Crippen molar-refractivity contribution in [3.63, 3.8) is 0 Å². The van der Waals surface area contributed by atoms with E-state index in [2.05, 4.69) is 22.5 Å². The number of hydrogen-bond acceptors (Lipinski definition) is 2. The van der Waals surface area contributed by atoms with Gasteiger partial charge < -0.3 is 5.32 Å². The number of nitrogens with zero attached hydrogens (tertiary/aromatic N) is 2. The van der Waals surface area contributed by atoms with Crippen LogP contribution in [-0.4, -0.2) is 9.78 Å². The van der Waals surface area contributed by atoms with E-state index in [-0.39, 0.29) is 0 Å². The van der Waals surface area contributed by atoms with Gasteiger partial charge in [-0.05, 0) is 12.5 Å². The molecule has 3 nitrogen and oxygen atoms in total. The number of benzene rings is 1. The Balaban J connectivity index is 1.95. The fourth-order valence-corrected chi connectivity index (χ4v) is 2.02. The zero-order valence-corrected chi connectivity index (χ0v) is 10.8. The van der Waals surface area contributed by atoms with Gasteiger partial charge in [-0.25, -0.2) is 0 Å². The molecule has 0 saturated heterocycles. The number of aryl methyl sites for hydroxylation is 2. The highest BCUT2D eigenvalue weighted by atomic mass is 35.5. The molecule has 2 aromatic rings. The normalized spacial score (nSPS) is 10.8. The molecule has 2 rings (SSSR count). The summed E-state index contributed by atoms with van der Waals surface area (Å²) in [5.74, 6) is 0. The number of rotatable bonds is 4. The molecule has 0 amide bonds. The zero-order valence-electron chi connectivity index (χ0n) is 10.1. The quantitative estimate of drug-likeness (QED) is 0.903. The highest BCUT2D eigenvalue weighted by Crippen LogP contribution is 2.18. The Morgan fingerprint density at radius 3 is 2.53 bits per heavy atom. The molecule has 0 saturated carbocycles. The third-order valence-corrected chi connectivity index (χ3v) is 3.22. The molecule has 0 radical (unpaired) electrons. The topological polar surface area (TPSA) is 29.9 Å². The van der Waals surface area contributed by atoms with Crippen molar-refractivity contribution in [3.05, 3.63) is 52.3 Å². The third-order valence-electron chi connectivity index (χ3n) is 2.73. The van der Waals surface area contributed by atoms with Crippen LogP contribution in [0.5, 0.6) is 0 Å². The van der Waals surface area contributed by atoms with E-state index in [1.807, 2.05) is 36.9 Å². The van der Waals surface area contributed by atoms with Crippen LogP contribution >= 0.6 is 11.6 Å². The van der Waals surface area contributed by atoms with E-state index in [0.29, 0.717) is 0 Å². The molecule has 1 N–H and O–H groups in total. The molecule has 1 heterocycles. The van der Waals surface area contributed by atoms with Gasteiger partial charge in [0.25, 0.3) is 0 Å². The van der Waals surface area contributed by atoms with Crippen LogP contribution in [0.3, 0.4) is 0 Å². The minimum absolute atomic E-state index is 0.727. The van der Waals surface area contributed by atoms with Crippen LogP contribution in [0.2, 0.25) is 5.02 Å². The summed E-state index contributed by atoms with van der Waals surface area (Å²) in [6, 6.07) is 10.3. The summed E-state index contributed by atoms with van der Waals surface area (Å²) >= 11 is 6.17. The Bertz CT molecular complexity index is 491. The lowest BCUT2D eigenvalue weighted by atomic mass is 10.2. The van der Waals surface area contributed by atoms with Crippen molar-refractivity contribution >= 4 is 11.6 Å². The average Bonchev–Trinajstić information content (AvgIpc) is 2.57. The molecule has 0 aliphatic heterocycles. The molecule has 17 heavy (non-hydrogen) atoms. The standard InChI is InChI=1S/C13H16ClN3/c1-10-13(14)12(17(2)16-10)9-15-8-11-6-4-3-5-7-11/h3-7,15H,8-9H2,1-2H3. The lowest BCUT2D eigenvalue weighted by Crippen LogP contribution is -2.15. The molecule has 0 atom stereocenters. The Morgan fingerprint density at radius 2 is 1.94 bits per heavy atom. The molecule has 0 unspecified atom stereocenters. The van der Waals surface area contributed by atoms with Crippen molar-refractivity contribution in [1.82, 2.24) is 15.1 Å². The van der Waals surface area contributed by atoms with E-state index in [0.717, 1.165) is 29.5 Å². The molecular formula is C13H16ClN3. The largest absolute Gasteiger partial charge is 0.307 e. The molecular weight excluding hydrogens is 234 g/mol. The van der Waals surface area contributed by atoms with Crippen molar-refractivity contribution < 1.29 is 0 Å². The second-order valence-corrected chi connectivity index (χ2v) is 4.44. The van der Waals surface area contributed by atoms with Crippen LogP contribution in [0.4, 0.5) is 0 Å². The van der Waals surface area contributed by atoms with Crippen LogP contribution in [-0.2, 0) is 20.1 Å². The predicted octanol–water partition coefficient (Wildman–Crippen LogP) is 2.67. The van der Waals surface area contributed by atoms with E-state index in [9.17, 15) is 0 Å². The van der Waals surface area contributed by atoms with Crippen molar-refractivity contribution in [2.24, 2.45) is 7.05 Å². The number of aromatic nitrogens is 2. The first-order valence-electron chi connectivity index (χ1n) is 5.61. The molecule has 0 bridgehead atoms. The minimum Gasteiger partial charge on any atom is -0.307 e. The van der Waals surface area contributed by atoms with Crippen LogP contribution in [0.15, 0.2) is 30.3 Å². The van der Waals surface area contributed by atoms with Gasteiger partial charge in [-0.2, -0.15) is 5.10 Å². The lowest BCUT2D eigenvalue weighted by molar-refractivity contribution is 0.625. The van der Waals surface area contributed by atoms with Crippen molar-refractivity contribution in [1.29, 1.82) is 0 Å². The van der Waals surface area contributed by atoms with Gasteiger partial charge in [-0.1, -0.05) is 41.9 Å². The second-order valence-electron chi connectivity index (χ2n) is 4.06. The third kappa shape index (κ3) is 2.87. The zero-order chi connectivity index (χ0) is 12.3. The number of nitrogens with one attached hydrogen (secondary N) is 1. The number of hydrogen-bond donors (Lipinski definition) is 1. The molecule has 0 aliphatic rings. The fraction of sp³-hybridized carbons (Fsp3) is 0.308. The van der Waals surface area contributed by atoms with E-state index in [4.69, 9.17) is 11.6 Å². The van der Waals surface area contributed by atoms with Gasteiger partial charge in [-0.15, -0.1) is 0 Å². The van der Waals surface area contributed by atoms with E-state index >= 15 is 0 Å². The molecule has 0 aliphatic carbocycles. The summed E-state index contributed by atoms with van der Waals surface area (Å²) in [5, 5.41) is 8.41. The van der Waals surface area contributed by atoms with Crippen LogP contribution < -0.4 is 5.32 Å². The Morgan fingerprint density at radius 1 is 1.24 bits per heavy atom. The minimum atomic E-state index is 0.727. The highest BCUT2D eigenvalue weighted by molar-refractivity contribution is 6.31. The molecule has 90 valence electrons. The SMILES string of the molecule is Cc1nn(C)c(CNCc2ccccc2)c1Cl. The lowest BCUT2D eigenvalue weighted by Gasteiger charge is -2.05. The van der Waals surface area contributed by atoms with Gasteiger partial charge in [0.05, 0.1) is 16.4 Å². The van der Waals surface area contributed by atoms with Gasteiger partial charge in [0, 0.05) is 20.1 Å². The Labute approximate surface area is 106 Å². The molecule has 0 spiro atoms. The maximum atomic E-state index is 6.17. The summed E-state index contributed by atoms with van der Waals surface area (Å²) in [6.45, 7) is 3.48. The smallest absolute Gasteiger partial charge is 0.0860 e. The van der Waals surface area contributed by atoms with E-state index < -0.39 is 0 Å². The van der Waals surface area contributed by atoms with Gasteiger partial charge in [0.15, 0.2) is 0 Å². The van der Waals surface area contributed by atoms with Crippen molar-refractivity contribution in [2.75, 3.05) is 0 Å². The van der Waals surface area contributed by atoms with Crippen molar-refractivity contribution in [2.45, 2.75) is 20.0 Å². The maximum absolute atomic E-state index is 6.17. The molecule has 0 fully saturated rings. The van der Waals surface area contributed by atoms with E-state index in [1.165, 1.54) is 5.56 Å². The van der Waals surface area contributed by atoms with Crippen LogP contribution in [0, 0.1) is 6.92 Å². The van der Waals surface area contributed by atoms with Crippen molar-refractivity contribution in [3.8, 4) is 0 Å². The fourth-order valence-electron chi connectivity index (χ4n) is 1.79. The summed E-state index contributed by atoms with van der Waals surface area (Å²) in [7, 11) is 1.92. The Kier molecular flexibility index (Phi) is 3.82. The molecule has 1 aromatic heterocycles. The van der Waals surface area contributed by atoms with Gasteiger partial charge >= 0.3 is 0 Å². The summed E-state index contributed by atoms with van der Waals surface area (Å²) in [5.41, 5.74) is 3.17. The summed E-state index contributed by atoms with van der Waals surface area (Å²) < 4.78 is 1.83. The molecule has 4 heteroatoms. The monoisotopic (exact) mass is 249 g/mol. The first-order chi connectivity index (χ1) is 8.18. The van der Waals surface area contributed by atoms with Gasteiger partial charge in [0.2, 0.25) is 0 Å². The summed E-state index contributed by atoms with van der Waals surface area (Å²) in [6.07, 6.45) is 0. The first kappa shape index (κ1) is 12.1. The van der Waals surface area contributed by atoms with Gasteiger partial charge in [-0.3, -0.25) is 4.68 Å². The average molecular weight is 250 g/mol. The second kappa shape index (κ2) is 5.34. The van der Waals surface area contributed by atoms with E-state index in [1.54, 1.807) is 0 Å². The maximum Gasteiger partial charge on any atom is 0.0860 e. The van der Waals surface area contributed by atoms with Crippen LogP contribution in [0.25, 0.3) is 0 Å².